The fourth-order valence-electron chi connectivity index (χ4n) is 1.65. The van der Waals surface area contributed by atoms with Crippen LogP contribution in [0.3, 0.4) is 0 Å². The lowest BCUT2D eigenvalue weighted by atomic mass is 10.2. The fourth-order valence-corrected chi connectivity index (χ4v) is 1.65. The number of H-pyrrole nitrogens is 1. The van der Waals surface area contributed by atoms with Gasteiger partial charge in [0.1, 0.15) is 6.33 Å². The van der Waals surface area contributed by atoms with Gasteiger partial charge in [-0.1, -0.05) is 0 Å². The summed E-state index contributed by atoms with van der Waals surface area (Å²) in [7, 11) is 1.65. The highest BCUT2D eigenvalue weighted by Gasteiger charge is 2.29. The average molecular weight is 184 g/mol. The van der Waals surface area contributed by atoms with E-state index in [0.29, 0.717) is 0 Å². The molecular formula is C7H12N4O2. The van der Waals surface area contributed by atoms with Crippen LogP contribution in [0, 0.1) is 0 Å². The van der Waals surface area contributed by atoms with Crippen LogP contribution in [0.4, 0.5) is 0 Å². The number of aromatic nitrogens is 3. The molecule has 2 rings (SSSR count). The summed E-state index contributed by atoms with van der Waals surface area (Å²) < 4.78 is 6.80. The molecule has 1 aliphatic heterocycles. The Hall–Kier alpha value is -1.14. The van der Waals surface area contributed by atoms with Crippen LogP contribution >= 0.6 is 0 Å². The lowest BCUT2D eigenvalue weighted by Crippen LogP contribution is -2.30. The maximum absolute atomic E-state index is 11.2. The maximum atomic E-state index is 11.2. The summed E-state index contributed by atoms with van der Waals surface area (Å²) in [5, 5.41) is 9.20. The molecule has 72 valence electrons. The van der Waals surface area contributed by atoms with Crippen molar-refractivity contribution in [3.8, 4) is 0 Å². The first-order valence-electron chi connectivity index (χ1n) is 4.18. The first kappa shape index (κ1) is 8.46. The van der Waals surface area contributed by atoms with Gasteiger partial charge in [0.2, 0.25) is 0 Å². The van der Waals surface area contributed by atoms with E-state index in [9.17, 15) is 4.79 Å². The van der Waals surface area contributed by atoms with Gasteiger partial charge in [-0.05, 0) is 0 Å². The molecular weight excluding hydrogens is 172 g/mol. The Kier molecular flexibility index (Phi) is 2.15. The van der Waals surface area contributed by atoms with Gasteiger partial charge in [0.05, 0.1) is 12.1 Å². The molecule has 0 radical (unpaired) electrons. The molecule has 0 bridgehead atoms. The van der Waals surface area contributed by atoms with Crippen molar-refractivity contribution in [2.45, 2.75) is 12.1 Å². The maximum Gasteiger partial charge on any atom is 0.343 e. The molecule has 0 aliphatic carbocycles. The second-order valence-electron chi connectivity index (χ2n) is 3.07. The Balaban J connectivity index is 2.26. The van der Waals surface area contributed by atoms with Crippen LogP contribution < -0.4 is 11.0 Å². The topological polar surface area (TPSA) is 71.9 Å². The predicted octanol–water partition coefficient (Wildman–Crippen LogP) is -1.27. The summed E-state index contributed by atoms with van der Waals surface area (Å²) in [6.07, 6.45) is 1.56. The third-order valence-electron chi connectivity index (χ3n) is 2.37. The van der Waals surface area contributed by atoms with E-state index in [4.69, 9.17) is 4.74 Å². The van der Waals surface area contributed by atoms with E-state index in [1.165, 1.54) is 6.33 Å². The van der Waals surface area contributed by atoms with E-state index in [-0.39, 0.29) is 17.8 Å². The van der Waals surface area contributed by atoms with E-state index < -0.39 is 0 Å². The molecule has 1 aromatic heterocycles. The second-order valence-corrected chi connectivity index (χ2v) is 3.07. The molecule has 2 heterocycles. The van der Waals surface area contributed by atoms with Crippen LogP contribution in [-0.4, -0.2) is 41.1 Å². The van der Waals surface area contributed by atoms with Gasteiger partial charge in [0, 0.05) is 20.2 Å². The van der Waals surface area contributed by atoms with Crippen molar-refractivity contribution in [1.29, 1.82) is 0 Å². The number of nitrogens with zero attached hydrogens (tertiary/aromatic N) is 2. The predicted molar refractivity (Wildman–Crippen MR) is 45.6 cm³/mol. The molecule has 2 atom stereocenters. The van der Waals surface area contributed by atoms with Gasteiger partial charge in [-0.15, -0.1) is 0 Å². The molecule has 0 amide bonds. The Morgan fingerprint density at radius 2 is 2.54 bits per heavy atom. The van der Waals surface area contributed by atoms with Crippen LogP contribution in [0.25, 0.3) is 0 Å². The van der Waals surface area contributed by atoms with E-state index >= 15 is 0 Å². The Bertz CT molecular complexity index is 331. The van der Waals surface area contributed by atoms with Gasteiger partial charge in [-0.2, -0.15) is 5.10 Å². The SMILES string of the molecule is CO[C@H]1CNCC1n1cn[nH]c1=O. The standard InChI is InChI=1S/C7H12N4O2/c1-13-6-3-8-2-5(6)11-4-9-10-7(11)12/h4-6,8H,2-3H2,1H3,(H,10,12)/t5?,6-/m0/s1. The number of methoxy groups -OCH3 is 1. The van der Waals surface area contributed by atoms with Crippen molar-refractivity contribution < 1.29 is 4.74 Å². The molecule has 6 heteroatoms. The number of nitrogens with one attached hydrogen (secondary N) is 2. The second kappa shape index (κ2) is 3.31. The summed E-state index contributed by atoms with van der Waals surface area (Å²) in [5.74, 6) is 0. The normalized spacial score (nSPS) is 28.1. The molecule has 0 aromatic carbocycles. The highest BCUT2D eigenvalue weighted by atomic mass is 16.5. The monoisotopic (exact) mass is 184 g/mol. The molecule has 13 heavy (non-hydrogen) atoms. The summed E-state index contributed by atoms with van der Waals surface area (Å²) in [4.78, 5) is 11.2. The summed E-state index contributed by atoms with van der Waals surface area (Å²) in [6, 6.07) is 0.0521. The van der Waals surface area contributed by atoms with Crippen molar-refractivity contribution in [3.05, 3.63) is 16.8 Å². The number of aromatic amines is 1. The molecule has 0 saturated carbocycles. The van der Waals surface area contributed by atoms with E-state index in [2.05, 4.69) is 15.5 Å². The van der Waals surface area contributed by atoms with Gasteiger partial charge in [-0.25, -0.2) is 9.89 Å². The lowest BCUT2D eigenvalue weighted by molar-refractivity contribution is 0.0855. The Morgan fingerprint density at radius 1 is 1.69 bits per heavy atom. The average Bonchev–Trinajstić information content (AvgIpc) is 2.71. The van der Waals surface area contributed by atoms with Gasteiger partial charge >= 0.3 is 5.69 Å². The van der Waals surface area contributed by atoms with E-state index in [0.717, 1.165) is 13.1 Å². The zero-order valence-corrected chi connectivity index (χ0v) is 7.36. The summed E-state index contributed by atoms with van der Waals surface area (Å²) >= 11 is 0. The van der Waals surface area contributed by atoms with Gasteiger partial charge in [-0.3, -0.25) is 4.57 Å². The van der Waals surface area contributed by atoms with Crippen molar-refractivity contribution in [1.82, 2.24) is 20.1 Å². The molecule has 2 N–H and O–H groups in total. The third-order valence-corrected chi connectivity index (χ3v) is 2.37. The number of ether oxygens (including phenoxy) is 1. The summed E-state index contributed by atoms with van der Waals surface area (Å²) in [6.45, 7) is 1.52. The van der Waals surface area contributed by atoms with E-state index in [1.54, 1.807) is 11.7 Å². The molecule has 1 aliphatic rings. The first-order chi connectivity index (χ1) is 6.33. The van der Waals surface area contributed by atoms with Gasteiger partial charge in [0.25, 0.3) is 0 Å². The summed E-state index contributed by atoms with van der Waals surface area (Å²) in [5.41, 5.74) is -0.184. The highest BCUT2D eigenvalue weighted by molar-refractivity contribution is 4.88. The van der Waals surface area contributed by atoms with Crippen molar-refractivity contribution in [3.63, 3.8) is 0 Å². The van der Waals surface area contributed by atoms with Crippen LogP contribution in [0.15, 0.2) is 11.1 Å². The zero-order valence-electron chi connectivity index (χ0n) is 7.36. The number of hydrogen-bond donors (Lipinski definition) is 2. The molecule has 1 fully saturated rings. The third kappa shape index (κ3) is 1.38. The minimum absolute atomic E-state index is 0.0512. The first-order valence-corrected chi connectivity index (χ1v) is 4.18. The minimum atomic E-state index is -0.184. The zero-order chi connectivity index (χ0) is 9.26. The van der Waals surface area contributed by atoms with Crippen LogP contribution in [0.1, 0.15) is 6.04 Å². The Labute approximate surface area is 74.9 Å². The minimum Gasteiger partial charge on any atom is -0.378 e. The highest BCUT2D eigenvalue weighted by Crippen LogP contribution is 2.15. The van der Waals surface area contributed by atoms with E-state index in [1.807, 2.05) is 0 Å². The molecule has 6 nitrogen and oxygen atoms in total. The number of hydrogen-bond acceptors (Lipinski definition) is 4. The van der Waals surface area contributed by atoms with Crippen molar-refractivity contribution >= 4 is 0 Å². The van der Waals surface area contributed by atoms with Crippen LogP contribution in [0.2, 0.25) is 0 Å². The smallest absolute Gasteiger partial charge is 0.343 e. The van der Waals surface area contributed by atoms with Gasteiger partial charge < -0.3 is 10.1 Å². The van der Waals surface area contributed by atoms with Gasteiger partial charge in [0.15, 0.2) is 0 Å². The Morgan fingerprint density at radius 3 is 3.15 bits per heavy atom. The molecule has 1 unspecified atom stereocenters. The van der Waals surface area contributed by atoms with Crippen molar-refractivity contribution in [2.75, 3.05) is 20.2 Å². The van der Waals surface area contributed by atoms with Crippen molar-refractivity contribution in [2.24, 2.45) is 0 Å². The lowest BCUT2D eigenvalue weighted by Gasteiger charge is -2.16. The van der Waals surface area contributed by atoms with Crippen LogP contribution in [0.5, 0.6) is 0 Å². The molecule has 1 saturated heterocycles. The fraction of sp³-hybridized carbons (Fsp3) is 0.714. The van der Waals surface area contributed by atoms with Crippen LogP contribution in [-0.2, 0) is 4.74 Å². The number of rotatable bonds is 2. The molecule has 1 aromatic rings. The molecule has 0 spiro atoms. The largest absolute Gasteiger partial charge is 0.378 e. The quantitative estimate of drug-likeness (QED) is 0.601.